The Balaban J connectivity index is 1.71. The van der Waals surface area contributed by atoms with Gasteiger partial charge in [0.15, 0.2) is 0 Å². The SMILES string of the molecule is CC(=O)O[C@@H]1[C@H](O)C2[C@@H](CC=C3C[C@@H](O)CC[C@@]32C)C2CC(O)C(C(C)CCC(C)C(C)C)[C@]21C. The van der Waals surface area contributed by atoms with Crippen LogP contribution < -0.4 is 0 Å². The molecular formula is C30H50O5. The van der Waals surface area contributed by atoms with Crippen LogP contribution in [0, 0.1) is 52.3 Å². The molecule has 0 bridgehead atoms. The molecule has 3 saturated carbocycles. The van der Waals surface area contributed by atoms with Gasteiger partial charge in [0.1, 0.15) is 6.10 Å². The molecule has 0 spiro atoms. The zero-order valence-corrected chi connectivity index (χ0v) is 23.0. The van der Waals surface area contributed by atoms with Crippen LogP contribution in [0.15, 0.2) is 11.6 Å². The van der Waals surface area contributed by atoms with E-state index >= 15 is 0 Å². The summed E-state index contributed by atoms with van der Waals surface area (Å²) in [4.78, 5) is 12.4. The lowest BCUT2D eigenvalue weighted by Gasteiger charge is -2.62. The first kappa shape index (κ1) is 27.1. The maximum absolute atomic E-state index is 12.4. The highest BCUT2D eigenvalue weighted by Crippen LogP contribution is 2.68. The number of aliphatic hydroxyl groups excluding tert-OH is 3. The van der Waals surface area contributed by atoms with Crippen molar-refractivity contribution < 1.29 is 24.9 Å². The fourth-order valence-electron chi connectivity index (χ4n) is 9.18. The van der Waals surface area contributed by atoms with E-state index in [1.165, 1.54) is 12.5 Å². The van der Waals surface area contributed by atoms with Crippen molar-refractivity contribution in [2.45, 2.75) is 118 Å². The monoisotopic (exact) mass is 490 g/mol. The number of ether oxygens (including phenoxy) is 1. The van der Waals surface area contributed by atoms with E-state index in [1.54, 1.807) is 0 Å². The highest BCUT2D eigenvalue weighted by Gasteiger charge is 2.69. The van der Waals surface area contributed by atoms with Gasteiger partial charge in [-0.15, -0.1) is 0 Å². The van der Waals surface area contributed by atoms with Gasteiger partial charge >= 0.3 is 5.97 Å². The van der Waals surface area contributed by atoms with Gasteiger partial charge in [0.25, 0.3) is 0 Å². The van der Waals surface area contributed by atoms with Crippen LogP contribution in [-0.4, -0.2) is 45.7 Å². The molecule has 0 aromatic heterocycles. The predicted octanol–water partition coefficient (Wildman–Crippen LogP) is 5.12. The molecule has 3 N–H and O–H groups in total. The Labute approximate surface area is 212 Å². The van der Waals surface area contributed by atoms with Gasteiger partial charge in [-0.3, -0.25) is 4.79 Å². The van der Waals surface area contributed by atoms with E-state index in [0.29, 0.717) is 24.7 Å². The summed E-state index contributed by atoms with van der Waals surface area (Å²) in [5.74, 6) is 1.55. The van der Waals surface area contributed by atoms with Crippen molar-refractivity contribution in [2.75, 3.05) is 0 Å². The molecule has 0 saturated heterocycles. The van der Waals surface area contributed by atoms with E-state index in [-0.39, 0.29) is 47.1 Å². The number of hydrogen-bond donors (Lipinski definition) is 3. The summed E-state index contributed by atoms with van der Waals surface area (Å²) in [6.45, 7) is 15.0. The van der Waals surface area contributed by atoms with Gasteiger partial charge in [0.2, 0.25) is 0 Å². The Bertz CT molecular complexity index is 822. The van der Waals surface area contributed by atoms with E-state index in [9.17, 15) is 20.1 Å². The zero-order valence-electron chi connectivity index (χ0n) is 23.0. The van der Waals surface area contributed by atoms with Gasteiger partial charge in [0, 0.05) is 18.3 Å². The normalized spacial score (nSPS) is 46.8. The molecule has 4 rings (SSSR count). The van der Waals surface area contributed by atoms with Crippen LogP contribution in [0.3, 0.4) is 0 Å². The molecule has 4 aliphatic carbocycles. The Morgan fingerprint density at radius 3 is 2.46 bits per heavy atom. The number of esters is 1. The molecule has 5 heteroatoms. The molecule has 0 amide bonds. The van der Waals surface area contributed by atoms with E-state index < -0.39 is 23.7 Å². The van der Waals surface area contributed by atoms with Crippen LogP contribution in [0.4, 0.5) is 0 Å². The van der Waals surface area contributed by atoms with Crippen LogP contribution in [0.1, 0.15) is 93.4 Å². The first-order valence-electron chi connectivity index (χ1n) is 14.2. The molecule has 3 fully saturated rings. The maximum atomic E-state index is 12.4. The van der Waals surface area contributed by atoms with Gasteiger partial charge in [-0.1, -0.05) is 66.0 Å². The lowest BCUT2D eigenvalue weighted by atomic mass is 9.45. The quantitative estimate of drug-likeness (QED) is 0.355. The molecule has 0 aromatic rings. The topological polar surface area (TPSA) is 87.0 Å². The molecule has 0 radical (unpaired) electrons. The third-order valence-corrected chi connectivity index (χ3v) is 11.4. The van der Waals surface area contributed by atoms with Crippen LogP contribution in [-0.2, 0) is 9.53 Å². The fraction of sp³-hybridized carbons (Fsp3) is 0.900. The fourth-order valence-corrected chi connectivity index (χ4v) is 9.18. The van der Waals surface area contributed by atoms with Crippen LogP contribution in [0.5, 0.6) is 0 Å². The summed E-state index contributed by atoms with van der Waals surface area (Å²) in [5.41, 5.74) is 0.581. The maximum Gasteiger partial charge on any atom is 0.303 e. The average Bonchev–Trinajstić information content (AvgIpc) is 3.05. The second-order valence-electron chi connectivity index (χ2n) is 13.6. The predicted molar refractivity (Wildman–Crippen MR) is 137 cm³/mol. The molecule has 4 aliphatic rings. The summed E-state index contributed by atoms with van der Waals surface area (Å²) >= 11 is 0. The molecule has 12 atom stereocenters. The Morgan fingerprint density at radius 1 is 1.14 bits per heavy atom. The Morgan fingerprint density at radius 2 is 1.83 bits per heavy atom. The standard InChI is InChI=1S/C30H50O5/c1-16(2)17(3)8-9-18(4)25-24(33)15-23-22-11-10-20-14-21(32)12-13-29(20,6)26(22)27(34)28(30(23,25)7)35-19(5)31/h10,16-18,21-28,32-34H,8-9,11-15H2,1-7H3/t17?,18?,21-,22-,23?,24?,25?,26?,27+,28+,29-,30-/m0/s1. The number of carbonyl (C=O) groups excluding carboxylic acids is 1. The van der Waals surface area contributed by atoms with Crippen LogP contribution >= 0.6 is 0 Å². The first-order valence-corrected chi connectivity index (χ1v) is 14.2. The minimum absolute atomic E-state index is 0.0156. The van der Waals surface area contributed by atoms with Gasteiger partial charge in [-0.05, 0) is 73.0 Å². The van der Waals surface area contributed by atoms with Crippen molar-refractivity contribution >= 4 is 5.97 Å². The number of aliphatic hydroxyl groups is 3. The number of hydrogen-bond acceptors (Lipinski definition) is 5. The van der Waals surface area contributed by atoms with Gasteiger partial charge in [0.05, 0.1) is 18.3 Å². The second kappa shape index (κ2) is 9.76. The number of rotatable bonds is 6. The largest absolute Gasteiger partial charge is 0.459 e. The minimum atomic E-state index is -0.774. The molecule has 0 aliphatic heterocycles. The Kier molecular flexibility index (Phi) is 7.57. The third kappa shape index (κ3) is 4.42. The summed E-state index contributed by atoms with van der Waals surface area (Å²) in [6, 6.07) is 0. The van der Waals surface area contributed by atoms with E-state index in [1.807, 2.05) is 0 Å². The highest BCUT2D eigenvalue weighted by atomic mass is 16.6. The number of carbonyl (C=O) groups is 1. The number of fused-ring (bicyclic) bond motifs is 5. The van der Waals surface area contributed by atoms with Crippen molar-refractivity contribution in [1.82, 2.24) is 0 Å². The lowest BCUT2D eigenvalue weighted by Crippen LogP contribution is -2.65. The van der Waals surface area contributed by atoms with E-state index in [4.69, 9.17) is 4.74 Å². The summed E-state index contributed by atoms with van der Waals surface area (Å²) in [5, 5.41) is 33.9. The Hall–Kier alpha value is -0.910. The van der Waals surface area contributed by atoms with Gasteiger partial charge in [-0.25, -0.2) is 0 Å². The second-order valence-corrected chi connectivity index (χ2v) is 13.6. The summed E-state index contributed by atoms with van der Waals surface area (Å²) in [6.07, 6.45) is 6.12. The van der Waals surface area contributed by atoms with E-state index in [0.717, 1.165) is 32.1 Å². The molecule has 0 aromatic carbocycles. The summed E-state index contributed by atoms with van der Waals surface area (Å²) < 4.78 is 6.04. The number of allylic oxidation sites excluding steroid dienone is 1. The lowest BCUT2D eigenvalue weighted by molar-refractivity contribution is -0.222. The molecule has 5 nitrogen and oxygen atoms in total. The van der Waals surface area contributed by atoms with Crippen molar-refractivity contribution in [3.63, 3.8) is 0 Å². The third-order valence-electron chi connectivity index (χ3n) is 11.4. The first-order chi connectivity index (χ1) is 16.3. The highest BCUT2D eigenvalue weighted by molar-refractivity contribution is 5.66. The molecule has 200 valence electrons. The van der Waals surface area contributed by atoms with Crippen molar-refractivity contribution in [3.8, 4) is 0 Å². The van der Waals surface area contributed by atoms with Crippen molar-refractivity contribution in [3.05, 3.63) is 11.6 Å². The van der Waals surface area contributed by atoms with Crippen molar-refractivity contribution in [2.24, 2.45) is 52.3 Å². The molecule has 6 unspecified atom stereocenters. The average molecular weight is 491 g/mol. The molecule has 35 heavy (non-hydrogen) atoms. The summed E-state index contributed by atoms with van der Waals surface area (Å²) in [7, 11) is 0. The van der Waals surface area contributed by atoms with Crippen LogP contribution in [0.25, 0.3) is 0 Å². The molecule has 0 heterocycles. The van der Waals surface area contributed by atoms with Gasteiger partial charge < -0.3 is 20.1 Å². The zero-order chi connectivity index (χ0) is 25.9. The molecular weight excluding hydrogens is 440 g/mol. The van der Waals surface area contributed by atoms with Gasteiger partial charge in [-0.2, -0.15) is 0 Å². The van der Waals surface area contributed by atoms with E-state index in [2.05, 4.69) is 47.6 Å². The van der Waals surface area contributed by atoms with Crippen LogP contribution in [0.2, 0.25) is 0 Å². The van der Waals surface area contributed by atoms with Crippen molar-refractivity contribution in [1.29, 1.82) is 0 Å². The smallest absolute Gasteiger partial charge is 0.303 e. The minimum Gasteiger partial charge on any atom is -0.459 e.